The van der Waals surface area contributed by atoms with Gasteiger partial charge in [0, 0.05) is 54.8 Å². The van der Waals surface area contributed by atoms with Crippen molar-refractivity contribution in [2.45, 2.75) is 71.5 Å². The fraction of sp³-hybridized carbons (Fsp3) is 0.560. The molecule has 1 unspecified atom stereocenters. The van der Waals surface area contributed by atoms with Crippen molar-refractivity contribution in [2.24, 2.45) is 0 Å². The topological polar surface area (TPSA) is 62.7 Å². The number of amides is 1. The highest BCUT2D eigenvalue weighted by atomic mass is 16.5. The molecule has 4 rings (SSSR count). The number of esters is 1. The summed E-state index contributed by atoms with van der Waals surface area (Å²) in [5.41, 5.74) is 3.29. The molecule has 1 atom stereocenters. The van der Waals surface area contributed by atoms with E-state index in [0.717, 1.165) is 67.4 Å². The Morgan fingerprint density at radius 1 is 1.19 bits per heavy atom. The van der Waals surface area contributed by atoms with E-state index < -0.39 is 5.97 Å². The molecular formula is C25H33N3O3. The second-order valence-corrected chi connectivity index (χ2v) is 8.96. The molecule has 3 heterocycles. The number of rotatable bonds is 5. The second-order valence-electron chi connectivity index (χ2n) is 8.96. The highest BCUT2D eigenvalue weighted by Gasteiger charge is 2.29. The van der Waals surface area contributed by atoms with Crippen LogP contribution in [0.5, 0.6) is 0 Å². The Labute approximate surface area is 184 Å². The number of piperidine rings is 1. The van der Waals surface area contributed by atoms with Gasteiger partial charge in [0.1, 0.15) is 0 Å². The van der Waals surface area contributed by atoms with Crippen molar-refractivity contribution in [1.82, 2.24) is 14.8 Å². The first-order valence-electron chi connectivity index (χ1n) is 11.6. The molecule has 6 heteroatoms. The number of para-hydroxylation sites is 1. The number of pyridine rings is 1. The first-order valence-corrected chi connectivity index (χ1v) is 11.6. The van der Waals surface area contributed by atoms with Gasteiger partial charge < -0.3 is 9.64 Å². The molecule has 0 saturated carbocycles. The molecule has 1 aromatic carbocycles. The van der Waals surface area contributed by atoms with Gasteiger partial charge in [-0.25, -0.2) is 4.79 Å². The number of aromatic nitrogens is 1. The van der Waals surface area contributed by atoms with Gasteiger partial charge in [-0.1, -0.05) is 25.1 Å². The predicted octanol–water partition coefficient (Wildman–Crippen LogP) is 3.95. The van der Waals surface area contributed by atoms with Crippen LogP contribution in [0.4, 0.5) is 0 Å². The lowest BCUT2D eigenvalue weighted by Crippen LogP contribution is -2.45. The van der Waals surface area contributed by atoms with Gasteiger partial charge in [-0.3, -0.25) is 14.7 Å². The number of ether oxygens (including phenoxy) is 1. The summed E-state index contributed by atoms with van der Waals surface area (Å²) in [6.07, 6.45) is 4.95. The Morgan fingerprint density at radius 3 is 2.77 bits per heavy atom. The molecule has 0 spiro atoms. The second kappa shape index (κ2) is 9.35. The van der Waals surface area contributed by atoms with Crippen LogP contribution in [0.25, 0.3) is 10.9 Å². The molecule has 166 valence electrons. The van der Waals surface area contributed by atoms with Crippen LogP contribution in [0.15, 0.2) is 24.3 Å². The summed E-state index contributed by atoms with van der Waals surface area (Å²) in [6.45, 7) is 8.60. The van der Waals surface area contributed by atoms with Crippen LogP contribution in [-0.4, -0.2) is 58.4 Å². The Morgan fingerprint density at radius 2 is 2.00 bits per heavy atom. The third kappa shape index (κ3) is 4.45. The van der Waals surface area contributed by atoms with E-state index in [1.54, 1.807) is 0 Å². The average molecular weight is 424 g/mol. The number of fused-ring (bicyclic) bond motifs is 2. The summed E-state index contributed by atoms with van der Waals surface area (Å²) in [5.74, 6) is -0.505. The Kier molecular flexibility index (Phi) is 6.56. The number of hydrogen-bond acceptors (Lipinski definition) is 5. The third-order valence-electron chi connectivity index (χ3n) is 6.76. The molecule has 0 bridgehead atoms. The van der Waals surface area contributed by atoms with Crippen molar-refractivity contribution in [3.05, 3.63) is 41.1 Å². The number of benzene rings is 1. The van der Waals surface area contributed by atoms with Crippen LogP contribution >= 0.6 is 0 Å². The fourth-order valence-electron chi connectivity index (χ4n) is 4.92. The highest BCUT2D eigenvalue weighted by molar-refractivity contribution is 6.05. The predicted molar refractivity (Wildman–Crippen MR) is 121 cm³/mol. The zero-order chi connectivity index (χ0) is 22.0. The Bertz CT molecular complexity index is 972. The van der Waals surface area contributed by atoms with Gasteiger partial charge in [0.05, 0.1) is 11.1 Å². The molecule has 2 aliphatic heterocycles. The lowest BCUT2D eigenvalue weighted by Gasteiger charge is -2.35. The quantitative estimate of drug-likeness (QED) is 0.682. The number of nitrogens with zero attached hydrogens (tertiary/aromatic N) is 3. The third-order valence-corrected chi connectivity index (χ3v) is 6.76. The van der Waals surface area contributed by atoms with Crippen LogP contribution in [0, 0.1) is 0 Å². The van der Waals surface area contributed by atoms with Gasteiger partial charge >= 0.3 is 5.97 Å². The molecule has 1 saturated heterocycles. The molecule has 6 nitrogen and oxygen atoms in total. The van der Waals surface area contributed by atoms with Crippen LogP contribution in [0.3, 0.4) is 0 Å². The minimum atomic E-state index is -0.418. The number of carbonyl (C=O) groups is 2. The molecule has 1 amide bonds. The maximum atomic E-state index is 13.3. The van der Waals surface area contributed by atoms with E-state index in [9.17, 15) is 9.59 Å². The van der Waals surface area contributed by atoms with E-state index in [2.05, 4.69) is 25.7 Å². The van der Waals surface area contributed by atoms with Crippen molar-refractivity contribution in [2.75, 3.05) is 19.7 Å². The summed E-state index contributed by atoms with van der Waals surface area (Å²) in [7, 11) is 0. The van der Waals surface area contributed by atoms with E-state index in [-0.39, 0.29) is 18.6 Å². The minimum Gasteiger partial charge on any atom is -0.452 e. The molecule has 2 aromatic rings. The van der Waals surface area contributed by atoms with Gasteiger partial charge in [0.25, 0.3) is 5.91 Å². The van der Waals surface area contributed by atoms with Gasteiger partial charge in [0.2, 0.25) is 0 Å². The summed E-state index contributed by atoms with van der Waals surface area (Å²) in [5, 5.41) is 0.800. The smallest absolute Gasteiger partial charge is 0.339 e. The van der Waals surface area contributed by atoms with Crippen LogP contribution < -0.4 is 0 Å². The zero-order valence-electron chi connectivity index (χ0n) is 18.9. The first-order chi connectivity index (χ1) is 15.0. The van der Waals surface area contributed by atoms with E-state index in [0.29, 0.717) is 18.2 Å². The largest absolute Gasteiger partial charge is 0.452 e. The van der Waals surface area contributed by atoms with Gasteiger partial charge in [-0.05, 0) is 45.6 Å². The SMILES string of the molecule is CCC1CCCCN1C(=O)COC(=O)c1c2c(nc3ccccc13)CCN(C(C)C)C2. The summed E-state index contributed by atoms with van der Waals surface area (Å²) in [6, 6.07) is 8.36. The minimum absolute atomic E-state index is 0.0871. The van der Waals surface area contributed by atoms with E-state index in [4.69, 9.17) is 9.72 Å². The lowest BCUT2D eigenvalue weighted by molar-refractivity contribution is -0.138. The molecule has 0 N–H and O–H groups in total. The Hall–Kier alpha value is -2.47. The van der Waals surface area contributed by atoms with Gasteiger partial charge in [-0.15, -0.1) is 0 Å². The van der Waals surface area contributed by atoms with Gasteiger partial charge in [0.15, 0.2) is 6.61 Å². The maximum Gasteiger partial charge on any atom is 0.339 e. The molecule has 2 aliphatic rings. The number of carbonyl (C=O) groups excluding carboxylic acids is 2. The van der Waals surface area contributed by atoms with Crippen molar-refractivity contribution >= 4 is 22.8 Å². The normalized spacial score (nSPS) is 19.5. The molecular weight excluding hydrogens is 390 g/mol. The standard InChI is InChI=1S/C25H33N3O3/c1-4-18-9-7-8-13-28(18)23(29)16-31-25(30)24-19-10-5-6-11-21(19)26-22-12-14-27(17(2)3)15-20(22)24/h5-6,10-11,17-18H,4,7-9,12-16H2,1-3H3. The van der Waals surface area contributed by atoms with E-state index >= 15 is 0 Å². The molecule has 1 aromatic heterocycles. The van der Waals surface area contributed by atoms with Crippen molar-refractivity contribution < 1.29 is 14.3 Å². The van der Waals surface area contributed by atoms with Crippen LogP contribution in [0.2, 0.25) is 0 Å². The van der Waals surface area contributed by atoms with Gasteiger partial charge in [-0.2, -0.15) is 0 Å². The zero-order valence-corrected chi connectivity index (χ0v) is 18.9. The average Bonchev–Trinajstić information content (AvgIpc) is 2.80. The van der Waals surface area contributed by atoms with Crippen LogP contribution in [0.1, 0.15) is 68.1 Å². The van der Waals surface area contributed by atoms with Crippen molar-refractivity contribution in [3.63, 3.8) is 0 Å². The van der Waals surface area contributed by atoms with Crippen LogP contribution in [-0.2, 0) is 22.5 Å². The monoisotopic (exact) mass is 423 g/mol. The lowest BCUT2D eigenvalue weighted by atomic mass is 9.95. The Balaban J connectivity index is 1.60. The molecule has 0 radical (unpaired) electrons. The molecule has 1 fully saturated rings. The summed E-state index contributed by atoms with van der Waals surface area (Å²) in [4.78, 5) is 35.2. The maximum absolute atomic E-state index is 13.3. The highest BCUT2D eigenvalue weighted by Crippen LogP contribution is 2.29. The summed E-state index contributed by atoms with van der Waals surface area (Å²) >= 11 is 0. The number of hydrogen-bond donors (Lipinski definition) is 0. The van der Waals surface area contributed by atoms with Crippen molar-refractivity contribution in [3.8, 4) is 0 Å². The molecule has 0 aliphatic carbocycles. The molecule has 31 heavy (non-hydrogen) atoms. The van der Waals surface area contributed by atoms with Crippen molar-refractivity contribution in [1.29, 1.82) is 0 Å². The fourth-order valence-corrected chi connectivity index (χ4v) is 4.92. The first kappa shape index (κ1) is 21.8. The number of likely N-dealkylation sites (tertiary alicyclic amines) is 1. The summed E-state index contributed by atoms with van der Waals surface area (Å²) < 4.78 is 5.63. The van der Waals surface area contributed by atoms with E-state index in [1.807, 2.05) is 29.2 Å². The van der Waals surface area contributed by atoms with E-state index in [1.165, 1.54) is 0 Å².